The van der Waals surface area contributed by atoms with Crippen molar-refractivity contribution in [1.29, 1.82) is 0 Å². The lowest BCUT2D eigenvalue weighted by atomic mass is 9.87. The number of carbonyl (C=O) groups is 2. The van der Waals surface area contributed by atoms with Gasteiger partial charge in [-0.05, 0) is 34.1 Å². The Kier molecular flexibility index (Phi) is 5.45. The van der Waals surface area contributed by atoms with Crippen molar-refractivity contribution in [2.75, 3.05) is 13.7 Å². The molecule has 1 atom stereocenters. The summed E-state index contributed by atoms with van der Waals surface area (Å²) in [6, 6.07) is 15.3. The summed E-state index contributed by atoms with van der Waals surface area (Å²) in [6.07, 6.45) is -0.262. The van der Waals surface area contributed by atoms with Crippen molar-refractivity contribution in [3.8, 4) is 11.1 Å². The van der Waals surface area contributed by atoms with Crippen LogP contribution in [-0.4, -0.2) is 41.8 Å². The first-order valence-electron chi connectivity index (χ1n) is 9.49. The summed E-state index contributed by atoms with van der Waals surface area (Å²) in [6.45, 7) is 6.04. The van der Waals surface area contributed by atoms with E-state index in [0.29, 0.717) is 6.42 Å². The molecule has 5 nitrogen and oxygen atoms in total. The molecule has 0 unspecified atom stereocenters. The van der Waals surface area contributed by atoms with Gasteiger partial charge in [-0.25, -0.2) is 9.59 Å². The number of rotatable bonds is 5. The highest BCUT2D eigenvalue weighted by Gasteiger charge is 2.33. The maximum atomic E-state index is 12.6. The van der Waals surface area contributed by atoms with Gasteiger partial charge < -0.3 is 9.84 Å². The fourth-order valence-corrected chi connectivity index (χ4v) is 3.79. The highest BCUT2D eigenvalue weighted by molar-refractivity contribution is 5.81. The summed E-state index contributed by atoms with van der Waals surface area (Å²) in [4.78, 5) is 25.5. The second kappa shape index (κ2) is 7.66. The summed E-state index contributed by atoms with van der Waals surface area (Å²) >= 11 is 0. The maximum Gasteiger partial charge on any atom is 0.410 e. The quantitative estimate of drug-likeness (QED) is 0.811. The fourth-order valence-electron chi connectivity index (χ4n) is 3.79. The Bertz CT molecular complexity index is 839. The minimum atomic E-state index is -1.02. The van der Waals surface area contributed by atoms with Crippen molar-refractivity contribution < 1.29 is 19.4 Å². The zero-order valence-electron chi connectivity index (χ0n) is 16.8. The van der Waals surface area contributed by atoms with Crippen LogP contribution in [0.3, 0.4) is 0 Å². The number of nitrogens with zero attached hydrogens (tertiary/aromatic N) is 1. The molecule has 0 spiro atoms. The van der Waals surface area contributed by atoms with Crippen molar-refractivity contribution in [3.63, 3.8) is 0 Å². The molecule has 1 N–H and O–H groups in total. The van der Waals surface area contributed by atoms with Gasteiger partial charge in [0, 0.05) is 13.0 Å². The van der Waals surface area contributed by atoms with Gasteiger partial charge in [0.2, 0.25) is 0 Å². The normalized spacial score (nSPS) is 14.1. The highest BCUT2D eigenvalue weighted by atomic mass is 16.6. The van der Waals surface area contributed by atoms with Crippen LogP contribution in [0.1, 0.15) is 44.2 Å². The summed E-state index contributed by atoms with van der Waals surface area (Å²) in [5.74, 6) is -1.07. The highest BCUT2D eigenvalue weighted by Crippen LogP contribution is 2.44. The number of fused-ring (bicyclic) bond motifs is 3. The molecule has 0 saturated heterocycles. The lowest BCUT2D eigenvalue weighted by Gasteiger charge is -2.30. The van der Waals surface area contributed by atoms with Gasteiger partial charge in [-0.15, -0.1) is 0 Å². The monoisotopic (exact) mass is 381 g/mol. The summed E-state index contributed by atoms with van der Waals surface area (Å²) in [5, 5.41) is 9.55. The molecule has 1 aliphatic carbocycles. The third-order valence-corrected chi connectivity index (χ3v) is 5.18. The predicted octanol–water partition coefficient (Wildman–Crippen LogP) is 4.76. The molecule has 1 amide bonds. The van der Waals surface area contributed by atoms with E-state index in [0.717, 1.165) is 22.3 Å². The topological polar surface area (TPSA) is 66.8 Å². The number of carbonyl (C=O) groups excluding carboxylic acids is 1. The lowest BCUT2D eigenvalue weighted by Crippen LogP contribution is -2.45. The minimum absolute atomic E-state index is 0.0457. The van der Waals surface area contributed by atoms with Gasteiger partial charge >= 0.3 is 12.1 Å². The minimum Gasteiger partial charge on any atom is -0.480 e. The second-order valence-corrected chi connectivity index (χ2v) is 8.53. The van der Waals surface area contributed by atoms with E-state index in [2.05, 4.69) is 24.3 Å². The first-order valence-corrected chi connectivity index (χ1v) is 9.49. The smallest absolute Gasteiger partial charge is 0.410 e. The van der Waals surface area contributed by atoms with Crippen LogP contribution in [-0.2, 0) is 9.53 Å². The van der Waals surface area contributed by atoms with Crippen LogP contribution >= 0.6 is 0 Å². The van der Waals surface area contributed by atoms with Gasteiger partial charge in [-0.3, -0.25) is 4.90 Å². The van der Waals surface area contributed by atoms with E-state index in [4.69, 9.17) is 4.74 Å². The van der Waals surface area contributed by atoms with Crippen LogP contribution in [0.4, 0.5) is 4.79 Å². The molecule has 2 aromatic carbocycles. The molecule has 0 bridgehead atoms. The molecule has 28 heavy (non-hydrogen) atoms. The molecule has 1 aliphatic rings. The largest absolute Gasteiger partial charge is 0.480 e. The molecule has 5 heteroatoms. The van der Waals surface area contributed by atoms with Crippen LogP contribution in [0.15, 0.2) is 48.5 Å². The van der Waals surface area contributed by atoms with E-state index in [1.165, 1.54) is 11.9 Å². The van der Waals surface area contributed by atoms with Crippen molar-refractivity contribution in [2.24, 2.45) is 5.41 Å². The van der Waals surface area contributed by atoms with Crippen molar-refractivity contribution in [3.05, 3.63) is 59.7 Å². The van der Waals surface area contributed by atoms with E-state index in [1.807, 2.05) is 45.0 Å². The van der Waals surface area contributed by atoms with Crippen LogP contribution in [0.5, 0.6) is 0 Å². The standard InChI is InChI=1S/C23H27NO4/c1-23(2,3)13-20(21(25)26)24(4)22(27)28-14-19-17-11-7-5-9-15(17)16-10-6-8-12-18(16)19/h5-12,19-20H,13-14H2,1-4H3,(H,25,26)/t20-/m0/s1. The Morgan fingerprint density at radius 3 is 2.00 bits per heavy atom. The zero-order valence-corrected chi connectivity index (χ0v) is 16.8. The average Bonchev–Trinajstić information content (AvgIpc) is 2.97. The number of amides is 1. The van der Waals surface area contributed by atoms with Crippen LogP contribution in [0, 0.1) is 5.41 Å². The summed E-state index contributed by atoms with van der Waals surface area (Å²) < 4.78 is 5.57. The average molecular weight is 381 g/mol. The number of carboxylic acids is 1. The molecular formula is C23H27NO4. The van der Waals surface area contributed by atoms with E-state index in [-0.39, 0.29) is 17.9 Å². The molecule has 0 heterocycles. The second-order valence-electron chi connectivity index (χ2n) is 8.53. The number of carboxylic acid groups (broad SMARTS) is 1. The van der Waals surface area contributed by atoms with E-state index in [9.17, 15) is 14.7 Å². The lowest BCUT2D eigenvalue weighted by molar-refractivity contribution is -0.143. The summed E-state index contributed by atoms with van der Waals surface area (Å²) in [5.41, 5.74) is 4.35. The van der Waals surface area contributed by atoms with Crippen LogP contribution < -0.4 is 0 Å². The number of likely N-dealkylation sites (N-methyl/N-ethyl adjacent to an activating group) is 1. The number of hydrogen-bond donors (Lipinski definition) is 1. The van der Waals surface area contributed by atoms with Crippen molar-refractivity contribution in [1.82, 2.24) is 4.90 Å². The molecule has 148 valence electrons. The van der Waals surface area contributed by atoms with Crippen LogP contribution in [0.2, 0.25) is 0 Å². The van der Waals surface area contributed by atoms with Gasteiger partial charge in [-0.1, -0.05) is 69.3 Å². The number of hydrogen-bond acceptors (Lipinski definition) is 3. The predicted molar refractivity (Wildman–Crippen MR) is 108 cm³/mol. The maximum absolute atomic E-state index is 12.6. The third-order valence-electron chi connectivity index (χ3n) is 5.18. The van der Waals surface area contributed by atoms with Crippen molar-refractivity contribution >= 4 is 12.1 Å². The fraction of sp³-hybridized carbons (Fsp3) is 0.391. The van der Waals surface area contributed by atoms with Gasteiger partial charge in [0.1, 0.15) is 12.6 Å². The zero-order chi connectivity index (χ0) is 20.5. The Morgan fingerprint density at radius 2 is 1.54 bits per heavy atom. The van der Waals surface area contributed by atoms with Gasteiger partial charge in [0.15, 0.2) is 0 Å². The van der Waals surface area contributed by atoms with Gasteiger partial charge in [-0.2, -0.15) is 0 Å². The van der Waals surface area contributed by atoms with Gasteiger partial charge in [0.05, 0.1) is 0 Å². The molecule has 0 radical (unpaired) electrons. The molecule has 0 fully saturated rings. The Morgan fingerprint density at radius 1 is 1.04 bits per heavy atom. The number of ether oxygens (including phenoxy) is 1. The van der Waals surface area contributed by atoms with Crippen molar-refractivity contribution in [2.45, 2.75) is 39.2 Å². The molecule has 0 aromatic heterocycles. The number of aliphatic carboxylic acids is 1. The van der Waals surface area contributed by atoms with Gasteiger partial charge in [0.25, 0.3) is 0 Å². The van der Waals surface area contributed by atoms with E-state index >= 15 is 0 Å². The first-order chi connectivity index (χ1) is 13.2. The number of benzene rings is 2. The molecule has 0 saturated carbocycles. The third kappa shape index (κ3) is 4.03. The molecule has 3 rings (SSSR count). The summed E-state index contributed by atoms with van der Waals surface area (Å²) in [7, 11) is 1.49. The molecule has 0 aliphatic heterocycles. The Hall–Kier alpha value is -2.82. The molecule has 2 aromatic rings. The van der Waals surface area contributed by atoms with E-state index < -0.39 is 18.1 Å². The van der Waals surface area contributed by atoms with Crippen LogP contribution in [0.25, 0.3) is 11.1 Å². The Balaban J connectivity index is 1.75. The SMILES string of the molecule is CN(C(=O)OCC1c2ccccc2-c2ccccc21)[C@@H](CC(C)(C)C)C(=O)O. The Labute approximate surface area is 165 Å². The first kappa shape index (κ1) is 19.9. The molecular weight excluding hydrogens is 354 g/mol. The van der Waals surface area contributed by atoms with E-state index in [1.54, 1.807) is 0 Å².